The van der Waals surface area contributed by atoms with Gasteiger partial charge >= 0.3 is 0 Å². The molecule has 0 radical (unpaired) electrons. The molecule has 1 saturated heterocycles. The summed E-state index contributed by atoms with van der Waals surface area (Å²) >= 11 is 0. The van der Waals surface area contributed by atoms with E-state index in [0.29, 0.717) is 18.2 Å². The summed E-state index contributed by atoms with van der Waals surface area (Å²) in [6, 6.07) is 1.36. The number of hydrogen-bond acceptors (Lipinski definition) is 2. The molecule has 90 valence electrons. The molecule has 3 atom stereocenters. The van der Waals surface area contributed by atoms with E-state index in [1.54, 1.807) is 0 Å². The molecule has 1 aliphatic rings. The van der Waals surface area contributed by atoms with E-state index in [9.17, 15) is 0 Å². The normalized spacial score (nSPS) is 29.0. The Labute approximate surface area is 94.8 Å². The lowest BCUT2D eigenvalue weighted by molar-refractivity contribution is 0.0114. The smallest absolute Gasteiger partial charge is 0.0561 e. The van der Waals surface area contributed by atoms with E-state index in [-0.39, 0.29) is 0 Å². The van der Waals surface area contributed by atoms with Crippen molar-refractivity contribution in [1.82, 2.24) is 5.32 Å². The van der Waals surface area contributed by atoms with Crippen LogP contribution in [0.2, 0.25) is 0 Å². The van der Waals surface area contributed by atoms with Gasteiger partial charge in [0.05, 0.1) is 6.10 Å². The first kappa shape index (κ1) is 13.0. The van der Waals surface area contributed by atoms with Crippen molar-refractivity contribution in [2.45, 2.75) is 77.5 Å². The van der Waals surface area contributed by atoms with Crippen LogP contribution in [0.3, 0.4) is 0 Å². The topological polar surface area (TPSA) is 21.3 Å². The maximum atomic E-state index is 5.55. The fourth-order valence-corrected chi connectivity index (χ4v) is 2.34. The Morgan fingerprint density at radius 2 is 2.20 bits per heavy atom. The lowest BCUT2D eigenvalue weighted by Gasteiger charge is -2.30. The molecule has 1 heterocycles. The van der Waals surface area contributed by atoms with Gasteiger partial charge in [-0.25, -0.2) is 0 Å². The minimum Gasteiger partial charge on any atom is -0.378 e. The Balaban J connectivity index is 2.10. The van der Waals surface area contributed by atoms with E-state index >= 15 is 0 Å². The molecule has 1 N–H and O–H groups in total. The Bertz CT molecular complexity index is 161. The SMILES string of the molecule is CCCCCC(C)NC1CCOC(C)C1. The highest BCUT2D eigenvalue weighted by molar-refractivity contribution is 4.77. The molecule has 0 amide bonds. The van der Waals surface area contributed by atoms with Gasteiger partial charge in [-0.1, -0.05) is 26.2 Å². The third-order valence-corrected chi connectivity index (χ3v) is 3.25. The Hall–Kier alpha value is -0.0800. The Morgan fingerprint density at radius 1 is 1.40 bits per heavy atom. The second-order valence-corrected chi connectivity index (χ2v) is 4.97. The fourth-order valence-electron chi connectivity index (χ4n) is 2.34. The zero-order valence-corrected chi connectivity index (χ0v) is 10.6. The molecular formula is C13H27NO. The monoisotopic (exact) mass is 213 g/mol. The number of nitrogens with one attached hydrogen (secondary N) is 1. The van der Waals surface area contributed by atoms with E-state index in [1.807, 2.05) is 0 Å². The molecule has 0 aromatic heterocycles. The van der Waals surface area contributed by atoms with Gasteiger partial charge in [-0.2, -0.15) is 0 Å². The van der Waals surface area contributed by atoms with Crippen molar-refractivity contribution in [1.29, 1.82) is 0 Å². The predicted octanol–water partition coefficient (Wildman–Crippen LogP) is 3.11. The van der Waals surface area contributed by atoms with Gasteiger partial charge in [0.1, 0.15) is 0 Å². The molecule has 0 bridgehead atoms. The van der Waals surface area contributed by atoms with Crippen LogP contribution in [0.1, 0.15) is 59.3 Å². The highest BCUT2D eigenvalue weighted by atomic mass is 16.5. The van der Waals surface area contributed by atoms with E-state index in [4.69, 9.17) is 4.74 Å². The van der Waals surface area contributed by atoms with Crippen molar-refractivity contribution >= 4 is 0 Å². The van der Waals surface area contributed by atoms with Gasteiger partial charge in [0.25, 0.3) is 0 Å². The van der Waals surface area contributed by atoms with Crippen LogP contribution in [0.4, 0.5) is 0 Å². The van der Waals surface area contributed by atoms with Gasteiger partial charge < -0.3 is 10.1 Å². The lowest BCUT2D eigenvalue weighted by atomic mass is 10.0. The quantitative estimate of drug-likeness (QED) is 0.685. The first-order chi connectivity index (χ1) is 7.22. The standard InChI is InChI=1S/C13H27NO/c1-4-5-6-7-11(2)14-13-8-9-15-12(3)10-13/h11-14H,4-10H2,1-3H3. The van der Waals surface area contributed by atoms with Gasteiger partial charge in [0, 0.05) is 18.7 Å². The molecule has 2 nitrogen and oxygen atoms in total. The van der Waals surface area contributed by atoms with Crippen molar-refractivity contribution in [3.05, 3.63) is 0 Å². The third kappa shape index (κ3) is 5.53. The van der Waals surface area contributed by atoms with Gasteiger partial charge in [0.15, 0.2) is 0 Å². The van der Waals surface area contributed by atoms with Gasteiger partial charge in [-0.3, -0.25) is 0 Å². The van der Waals surface area contributed by atoms with Crippen LogP contribution in [-0.2, 0) is 4.74 Å². The van der Waals surface area contributed by atoms with Crippen molar-refractivity contribution in [2.75, 3.05) is 6.61 Å². The van der Waals surface area contributed by atoms with Gasteiger partial charge in [0.2, 0.25) is 0 Å². The van der Waals surface area contributed by atoms with Crippen LogP contribution >= 0.6 is 0 Å². The molecule has 0 aliphatic carbocycles. The van der Waals surface area contributed by atoms with Crippen LogP contribution in [0, 0.1) is 0 Å². The van der Waals surface area contributed by atoms with Crippen LogP contribution in [0.25, 0.3) is 0 Å². The molecule has 0 aromatic rings. The summed E-state index contributed by atoms with van der Waals surface area (Å²) in [4.78, 5) is 0. The molecule has 0 spiro atoms. The number of ether oxygens (including phenoxy) is 1. The first-order valence-electron chi connectivity index (χ1n) is 6.60. The number of hydrogen-bond donors (Lipinski definition) is 1. The summed E-state index contributed by atoms with van der Waals surface area (Å²) in [5, 5.41) is 3.73. The predicted molar refractivity (Wildman–Crippen MR) is 65.2 cm³/mol. The highest BCUT2D eigenvalue weighted by Crippen LogP contribution is 2.14. The summed E-state index contributed by atoms with van der Waals surface area (Å²) in [5.41, 5.74) is 0. The molecule has 2 heteroatoms. The van der Waals surface area contributed by atoms with Crippen molar-refractivity contribution in [3.63, 3.8) is 0 Å². The number of unbranched alkanes of at least 4 members (excludes halogenated alkanes) is 2. The van der Waals surface area contributed by atoms with E-state index in [0.717, 1.165) is 6.61 Å². The van der Waals surface area contributed by atoms with Crippen molar-refractivity contribution in [3.8, 4) is 0 Å². The molecule has 0 saturated carbocycles. The van der Waals surface area contributed by atoms with Crippen molar-refractivity contribution in [2.24, 2.45) is 0 Å². The highest BCUT2D eigenvalue weighted by Gasteiger charge is 2.20. The van der Waals surface area contributed by atoms with E-state index < -0.39 is 0 Å². The Morgan fingerprint density at radius 3 is 2.87 bits per heavy atom. The fraction of sp³-hybridized carbons (Fsp3) is 1.00. The second kappa shape index (κ2) is 7.24. The van der Waals surface area contributed by atoms with Crippen LogP contribution in [0.15, 0.2) is 0 Å². The minimum atomic E-state index is 0.444. The molecule has 3 unspecified atom stereocenters. The van der Waals surface area contributed by atoms with Crippen LogP contribution in [0.5, 0.6) is 0 Å². The summed E-state index contributed by atoms with van der Waals surface area (Å²) < 4.78 is 5.55. The average Bonchev–Trinajstić information content (AvgIpc) is 2.18. The first-order valence-corrected chi connectivity index (χ1v) is 6.60. The zero-order valence-electron chi connectivity index (χ0n) is 10.6. The van der Waals surface area contributed by atoms with Crippen LogP contribution < -0.4 is 5.32 Å². The van der Waals surface area contributed by atoms with E-state index in [2.05, 4.69) is 26.1 Å². The second-order valence-electron chi connectivity index (χ2n) is 4.97. The average molecular weight is 213 g/mol. The minimum absolute atomic E-state index is 0.444. The lowest BCUT2D eigenvalue weighted by Crippen LogP contribution is -2.42. The third-order valence-electron chi connectivity index (χ3n) is 3.25. The summed E-state index contributed by atoms with van der Waals surface area (Å²) in [7, 11) is 0. The zero-order chi connectivity index (χ0) is 11.1. The molecule has 1 fully saturated rings. The molecular weight excluding hydrogens is 186 g/mol. The molecule has 1 rings (SSSR count). The summed E-state index contributed by atoms with van der Waals surface area (Å²) in [6.45, 7) is 7.68. The Kier molecular flexibility index (Phi) is 6.26. The maximum absolute atomic E-state index is 5.55. The molecule has 1 aliphatic heterocycles. The van der Waals surface area contributed by atoms with Gasteiger partial charge in [-0.05, 0) is 33.1 Å². The maximum Gasteiger partial charge on any atom is 0.0561 e. The van der Waals surface area contributed by atoms with Crippen molar-refractivity contribution < 1.29 is 4.74 Å². The van der Waals surface area contributed by atoms with E-state index in [1.165, 1.54) is 38.5 Å². The molecule has 0 aromatic carbocycles. The summed E-state index contributed by atoms with van der Waals surface area (Å²) in [5.74, 6) is 0. The van der Waals surface area contributed by atoms with Gasteiger partial charge in [-0.15, -0.1) is 0 Å². The molecule has 15 heavy (non-hydrogen) atoms. The van der Waals surface area contributed by atoms with Crippen LogP contribution in [-0.4, -0.2) is 24.8 Å². The largest absolute Gasteiger partial charge is 0.378 e. The summed E-state index contributed by atoms with van der Waals surface area (Å²) in [6.07, 6.45) is 8.18. The number of rotatable bonds is 6.